The number of anilines is 1. The summed E-state index contributed by atoms with van der Waals surface area (Å²) in [6.45, 7) is 0. The lowest BCUT2D eigenvalue weighted by molar-refractivity contribution is 0.595. The van der Waals surface area contributed by atoms with E-state index in [-0.39, 0.29) is 22.1 Å². The molecular weight excluding hydrogens is 273 g/mol. The molecule has 1 heterocycles. The van der Waals surface area contributed by atoms with Crippen LogP contribution in [-0.4, -0.2) is 24.2 Å². The number of aromatic amines is 1. The van der Waals surface area contributed by atoms with Crippen molar-refractivity contribution in [2.24, 2.45) is 5.73 Å². The van der Waals surface area contributed by atoms with Gasteiger partial charge in [-0.1, -0.05) is 0 Å². The van der Waals surface area contributed by atoms with Gasteiger partial charge in [0.05, 0.1) is 18.2 Å². The lowest BCUT2D eigenvalue weighted by Crippen LogP contribution is -2.15. The zero-order valence-corrected chi connectivity index (χ0v) is 10.3. The van der Waals surface area contributed by atoms with Crippen molar-refractivity contribution in [2.75, 3.05) is 4.72 Å². The average molecular weight is 283 g/mol. The first-order valence-corrected chi connectivity index (χ1v) is 6.53. The maximum Gasteiger partial charge on any atom is 0.279 e. The van der Waals surface area contributed by atoms with Crippen LogP contribution in [0.15, 0.2) is 35.7 Å². The molecule has 0 amide bonds. The van der Waals surface area contributed by atoms with E-state index < -0.39 is 15.8 Å². The van der Waals surface area contributed by atoms with E-state index in [1.54, 1.807) is 0 Å². The number of nitrogens with one attached hydrogen (secondary N) is 3. The summed E-state index contributed by atoms with van der Waals surface area (Å²) >= 11 is 0. The zero-order valence-electron chi connectivity index (χ0n) is 9.51. The lowest BCUT2D eigenvalue weighted by atomic mass is 10.2. The predicted octanol–water partition coefficient (Wildman–Crippen LogP) is 0.634. The fourth-order valence-corrected chi connectivity index (χ4v) is 2.33. The van der Waals surface area contributed by atoms with Crippen LogP contribution in [0.5, 0.6) is 0 Å². The third kappa shape index (κ3) is 2.71. The number of aromatic nitrogens is 2. The number of halogens is 1. The number of imidazole rings is 1. The van der Waals surface area contributed by atoms with Gasteiger partial charge in [-0.05, 0) is 18.2 Å². The van der Waals surface area contributed by atoms with Gasteiger partial charge >= 0.3 is 0 Å². The van der Waals surface area contributed by atoms with E-state index in [2.05, 4.69) is 14.7 Å². The zero-order chi connectivity index (χ0) is 14.0. The van der Waals surface area contributed by atoms with Gasteiger partial charge in [-0.2, -0.15) is 8.42 Å². The summed E-state index contributed by atoms with van der Waals surface area (Å²) in [5.41, 5.74) is 5.13. The number of H-pyrrole nitrogens is 1. The third-order valence-electron chi connectivity index (χ3n) is 2.29. The van der Waals surface area contributed by atoms with Gasteiger partial charge in [0, 0.05) is 5.56 Å². The minimum atomic E-state index is -3.92. The molecule has 0 saturated heterocycles. The monoisotopic (exact) mass is 283 g/mol. The second-order valence-electron chi connectivity index (χ2n) is 3.63. The highest BCUT2D eigenvalue weighted by Crippen LogP contribution is 2.19. The molecule has 7 nitrogen and oxygen atoms in total. The van der Waals surface area contributed by atoms with Gasteiger partial charge in [-0.25, -0.2) is 9.37 Å². The predicted molar refractivity (Wildman–Crippen MR) is 66.8 cm³/mol. The lowest BCUT2D eigenvalue weighted by Gasteiger charge is -2.08. The number of hydrogen-bond acceptors (Lipinski definition) is 4. The standard InChI is InChI=1S/C10H10FN5O2S/c11-7-3-6(10(12)13)1-2-8(7)16-19(17,18)9-4-14-5-15-9/h1-5,16H,(H3,12,13)(H,14,15). The molecule has 2 rings (SSSR count). The van der Waals surface area contributed by atoms with Crippen LogP contribution in [0.4, 0.5) is 10.1 Å². The van der Waals surface area contributed by atoms with Crippen LogP contribution in [0.3, 0.4) is 0 Å². The Labute approximate surface area is 108 Å². The molecule has 9 heteroatoms. The molecule has 0 atom stereocenters. The SMILES string of the molecule is N=C(N)c1ccc(NS(=O)(=O)c2cnc[nH]2)c(F)c1. The molecule has 0 aliphatic carbocycles. The smallest absolute Gasteiger partial charge is 0.279 e. The Bertz CT molecular complexity index is 712. The molecule has 0 unspecified atom stereocenters. The Balaban J connectivity index is 2.32. The summed E-state index contributed by atoms with van der Waals surface area (Å²) in [7, 11) is -3.92. The van der Waals surface area contributed by atoms with E-state index in [4.69, 9.17) is 11.1 Å². The van der Waals surface area contributed by atoms with Gasteiger partial charge in [0.25, 0.3) is 10.0 Å². The molecule has 0 bridgehead atoms. The number of rotatable bonds is 4. The maximum atomic E-state index is 13.7. The summed E-state index contributed by atoms with van der Waals surface area (Å²) in [6, 6.07) is 3.52. The van der Waals surface area contributed by atoms with Crippen LogP contribution < -0.4 is 10.5 Å². The molecule has 2 aromatic rings. The highest BCUT2D eigenvalue weighted by molar-refractivity contribution is 7.92. The quantitative estimate of drug-likeness (QED) is 0.485. The molecule has 1 aromatic carbocycles. The summed E-state index contributed by atoms with van der Waals surface area (Å²) in [4.78, 5) is 5.99. The molecule has 0 saturated carbocycles. The number of nitrogen functional groups attached to an aromatic ring is 1. The van der Waals surface area contributed by atoms with Crippen LogP contribution in [0.1, 0.15) is 5.56 Å². The Kier molecular flexibility index (Phi) is 3.21. The Morgan fingerprint density at radius 1 is 1.47 bits per heavy atom. The number of amidine groups is 1. The molecule has 0 spiro atoms. The fourth-order valence-electron chi connectivity index (χ4n) is 1.36. The van der Waals surface area contributed by atoms with E-state index in [0.29, 0.717) is 0 Å². The van der Waals surface area contributed by atoms with Gasteiger partial charge in [0.1, 0.15) is 11.7 Å². The molecule has 1 aromatic heterocycles. The van der Waals surface area contributed by atoms with Crippen molar-refractivity contribution >= 4 is 21.5 Å². The largest absolute Gasteiger partial charge is 0.384 e. The third-order valence-corrected chi connectivity index (χ3v) is 3.58. The van der Waals surface area contributed by atoms with Gasteiger partial charge in [-0.15, -0.1) is 0 Å². The summed E-state index contributed by atoms with van der Waals surface area (Å²) in [5, 5.41) is 6.98. The van der Waals surface area contributed by atoms with Crippen molar-refractivity contribution in [3.05, 3.63) is 42.1 Å². The molecule has 0 aliphatic rings. The van der Waals surface area contributed by atoms with E-state index in [1.807, 2.05) is 0 Å². The minimum Gasteiger partial charge on any atom is -0.384 e. The number of nitrogens with zero attached hydrogens (tertiary/aromatic N) is 1. The minimum absolute atomic E-state index is 0.169. The van der Waals surface area contributed by atoms with Crippen LogP contribution in [0.25, 0.3) is 0 Å². The highest BCUT2D eigenvalue weighted by Gasteiger charge is 2.17. The van der Waals surface area contributed by atoms with Crippen LogP contribution in [0.2, 0.25) is 0 Å². The molecule has 0 aliphatic heterocycles. The Hall–Kier alpha value is -2.42. The second kappa shape index (κ2) is 4.69. The van der Waals surface area contributed by atoms with E-state index in [9.17, 15) is 12.8 Å². The molecule has 0 fully saturated rings. The molecule has 19 heavy (non-hydrogen) atoms. The van der Waals surface area contributed by atoms with E-state index in [0.717, 1.165) is 12.3 Å². The van der Waals surface area contributed by atoms with Crippen molar-refractivity contribution in [3.8, 4) is 0 Å². The normalized spacial score (nSPS) is 11.2. The fraction of sp³-hybridized carbons (Fsp3) is 0. The first-order chi connectivity index (χ1) is 8.90. The summed E-state index contributed by atoms with van der Waals surface area (Å²) < 4.78 is 39.4. The molecule has 0 radical (unpaired) electrons. The van der Waals surface area contributed by atoms with Crippen molar-refractivity contribution in [3.63, 3.8) is 0 Å². The molecular formula is C10H10FN5O2S. The summed E-state index contributed by atoms with van der Waals surface area (Å²) in [6.07, 6.45) is 2.30. The van der Waals surface area contributed by atoms with E-state index >= 15 is 0 Å². The van der Waals surface area contributed by atoms with Gasteiger partial charge in [0.2, 0.25) is 0 Å². The first kappa shape index (κ1) is 13.0. The van der Waals surface area contributed by atoms with Crippen LogP contribution >= 0.6 is 0 Å². The van der Waals surface area contributed by atoms with E-state index in [1.165, 1.54) is 18.5 Å². The maximum absolute atomic E-state index is 13.7. The van der Waals surface area contributed by atoms with Crippen molar-refractivity contribution in [1.82, 2.24) is 9.97 Å². The van der Waals surface area contributed by atoms with Crippen molar-refractivity contribution in [1.29, 1.82) is 5.41 Å². The Morgan fingerprint density at radius 3 is 2.74 bits per heavy atom. The number of sulfonamides is 1. The number of benzene rings is 1. The first-order valence-electron chi connectivity index (χ1n) is 5.05. The second-order valence-corrected chi connectivity index (χ2v) is 5.28. The summed E-state index contributed by atoms with van der Waals surface area (Å²) in [5.74, 6) is -1.13. The number of nitrogens with two attached hydrogens (primary N) is 1. The van der Waals surface area contributed by atoms with Crippen molar-refractivity contribution in [2.45, 2.75) is 5.03 Å². The highest BCUT2D eigenvalue weighted by atomic mass is 32.2. The van der Waals surface area contributed by atoms with Gasteiger partial charge in [0.15, 0.2) is 5.03 Å². The molecule has 5 N–H and O–H groups in total. The van der Waals surface area contributed by atoms with Gasteiger partial charge < -0.3 is 10.7 Å². The Morgan fingerprint density at radius 2 is 2.21 bits per heavy atom. The average Bonchev–Trinajstić information content (AvgIpc) is 2.85. The van der Waals surface area contributed by atoms with Crippen molar-refractivity contribution < 1.29 is 12.8 Å². The molecule has 100 valence electrons. The van der Waals surface area contributed by atoms with Crippen LogP contribution in [-0.2, 0) is 10.0 Å². The van der Waals surface area contributed by atoms with Gasteiger partial charge in [-0.3, -0.25) is 10.1 Å². The number of hydrogen-bond donors (Lipinski definition) is 4. The topological polar surface area (TPSA) is 125 Å². The van der Waals surface area contributed by atoms with Crippen LogP contribution in [0, 0.1) is 11.2 Å².